The number of esters is 1. The first kappa shape index (κ1) is 22.7. The topological polar surface area (TPSA) is 51.2 Å². The van der Waals surface area contributed by atoms with E-state index in [2.05, 4.69) is 10.3 Å². The van der Waals surface area contributed by atoms with Crippen molar-refractivity contribution >= 4 is 51.4 Å². The monoisotopic (exact) mass is 478 g/mol. The third-order valence-electron chi connectivity index (χ3n) is 4.76. The summed E-state index contributed by atoms with van der Waals surface area (Å²) in [5.74, 6) is -0.911. The van der Waals surface area contributed by atoms with Gasteiger partial charge in [-0.25, -0.2) is 14.2 Å². The average Bonchev–Trinajstić information content (AvgIpc) is 3.26. The Morgan fingerprint density at radius 2 is 1.76 bits per heavy atom. The van der Waals surface area contributed by atoms with Crippen LogP contribution in [-0.4, -0.2) is 11.0 Å². The summed E-state index contributed by atoms with van der Waals surface area (Å²) < 4.78 is 18.9. The van der Waals surface area contributed by atoms with Crippen molar-refractivity contribution in [2.45, 2.75) is 13.5 Å². The van der Waals surface area contributed by atoms with Crippen LogP contribution in [0.25, 0.3) is 11.6 Å². The molecule has 0 bridgehead atoms. The fourth-order valence-corrected chi connectivity index (χ4v) is 3.86. The molecule has 0 spiro atoms. The molecule has 0 atom stereocenters. The largest absolute Gasteiger partial charge is 0.456 e. The summed E-state index contributed by atoms with van der Waals surface area (Å²) >= 11 is 7.39. The number of halogens is 2. The predicted molar refractivity (Wildman–Crippen MR) is 132 cm³/mol. The SMILES string of the molecule is Cc1ccc(Nc2nc(COC(=O)C(=Cc3ccc(Cl)cc3)c3ccc(F)cc3)cs2)cc1. The van der Waals surface area contributed by atoms with Crippen LogP contribution in [0.15, 0.2) is 78.2 Å². The van der Waals surface area contributed by atoms with Crippen LogP contribution in [0, 0.1) is 12.7 Å². The van der Waals surface area contributed by atoms with Gasteiger partial charge in [-0.3, -0.25) is 0 Å². The van der Waals surface area contributed by atoms with Gasteiger partial charge < -0.3 is 10.1 Å². The maximum atomic E-state index is 13.4. The minimum Gasteiger partial charge on any atom is -0.456 e. The first-order valence-electron chi connectivity index (χ1n) is 10.1. The second-order valence-corrected chi connectivity index (χ2v) is 8.62. The van der Waals surface area contributed by atoms with Crippen molar-refractivity contribution in [2.24, 2.45) is 0 Å². The van der Waals surface area contributed by atoms with Crippen LogP contribution in [0.5, 0.6) is 0 Å². The number of carbonyl (C=O) groups is 1. The molecule has 4 nitrogen and oxygen atoms in total. The van der Waals surface area contributed by atoms with Crippen LogP contribution >= 0.6 is 22.9 Å². The summed E-state index contributed by atoms with van der Waals surface area (Å²) in [5.41, 5.74) is 4.38. The summed E-state index contributed by atoms with van der Waals surface area (Å²) in [7, 11) is 0. The molecule has 166 valence electrons. The van der Waals surface area contributed by atoms with Crippen molar-refractivity contribution in [1.82, 2.24) is 4.98 Å². The number of carbonyl (C=O) groups excluding carboxylic acids is 1. The highest BCUT2D eigenvalue weighted by atomic mass is 35.5. The lowest BCUT2D eigenvalue weighted by Crippen LogP contribution is -2.08. The first-order valence-corrected chi connectivity index (χ1v) is 11.4. The number of aryl methyl sites for hydroxylation is 1. The molecular weight excluding hydrogens is 459 g/mol. The van der Waals surface area contributed by atoms with Gasteiger partial charge in [0.1, 0.15) is 12.4 Å². The Bertz CT molecular complexity index is 1270. The quantitative estimate of drug-likeness (QED) is 0.172. The Labute approximate surface area is 200 Å². The number of thiazole rings is 1. The molecule has 0 aliphatic rings. The molecule has 33 heavy (non-hydrogen) atoms. The van der Waals surface area contributed by atoms with Crippen molar-refractivity contribution in [3.8, 4) is 0 Å². The Balaban J connectivity index is 1.48. The van der Waals surface area contributed by atoms with Gasteiger partial charge in [0.2, 0.25) is 0 Å². The van der Waals surface area contributed by atoms with Crippen LogP contribution in [0.4, 0.5) is 15.2 Å². The van der Waals surface area contributed by atoms with Crippen molar-refractivity contribution in [2.75, 3.05) is 5.32 Å². The smallest absolute Gasteiger partial charge is 0.339 e. The van der Waals surface area contributed by atoms with E-state index in [1.54, 1.807) is 42.5 Å². The highest BCUT2D eigenvalue weighted by Gasteiger charge is 2.15. The number of nitrogens with zero attached hydrogens (tertiary/aromatic N) is 1. The zero-order valence-electron chi connectivity index (χ0n) is 17.7. The second-order valence-electron chi connectivity index (χ2n) is 7.33. The second kappa shape index (κ2) is 10.4. The van der Waals surface area contributed by atoms with Crippen molar-refractivity contribution in [3.05, 3.63) is 111 Å². The van der Waals surface area contributed by atoms with E-state index in [1.165, 1.54) is 29.0 Å². The lowest BCUT2D eigenvalue weighted by Gasteiger charge is -2.09. The molecule has 4 aromatic rings. The molecule has 0 unspecified atom stereocenters. The number of benzene rings is 3. The number of aromatic nitrogens is 1. The fraction of sp³-hybridized carbons (Fsp3) is 0.0769. The molecule has 0 saturated heterocycles. The minimum absolute atomic E-state index is 0.0179. The van der Waals surface area contributed by atoms with Crippen LogP contribution in [0.2, 0.25) is 5.02 Å². The molecule has 0 saturated carbocycles. The van der Waals surface area contributed by atoms with Gasteiger partial charge in [0, 0.05) is 16.1 Å². The van der Waals surface area contributed by atoms with E-state index in [0.29, 0.717) is 27.0 Å². The zero-order chi connectivity index (χ0) is 23.2. The van der Waals surface area contributed by atoms with Gasteiger partial charge in [0.05, 0.1) is 11.3 Å². The van der Waals surface area contributed by atoms with Crippen LogP contribution < -0.4 is 5.32 Å². The van der Waals surface area contributed by atoms with E-state index in [-0.39, 0.29) is 12.4 Å². The zero-order valence-corrected chi connectivity index (χ0v) is 19.3. The van der Waals surface area contributed by atoms with Crippen LogP contribution in [0.1, 0.15) is 22.4 Å². The molecule has 1 heterocycles. The normalized spacial score (nSPS) is 11.3. The number of hydrogen-bond acceptors (Lipinski definition) is 5. The van der Waals surface area contributed by atoms with Gasteiger partial charge in [-0.05, 0) is 60.5 Å². The standard InChI is InChI=1S/C26H20ClFN2O2S/c1-17-2-12-22(13-3-17)29-26-30-23(16-33-26)15-32-25(31)24(19-6-10-21(28)11-7-19)14-18-4-8-20(27)9-5-18/h2-14,16H,15H2,1H3,(H,29,30). The average molecular weight is 479 g/mol. The molecule has 0 radical (unpaired) electrons. The number of ether oxygens (including phenoxy) is 1. The Morgan fingerprint density at radius 3 is 2.45 bits per heavy atom. The Hall–Kier alpha value is -3.48. The van der Waals surface area contributed by atoms with E-state index in [0.717, 1.165) is 11.3 Å². The molecule has 0 aliphatic carbocycles. The molecule has 1 aromatic heterocycles. The van der Waals surface area contributed by atoms with Gasteiger partial charge >= 0.3 is 5.97 Å². The Morgan fingerprint density at radius 1 is 1.06 bits per heavy atom. The van der Waals surface area contributed by atoms with Gasteiger partial charge in [-0.15, -0.1) is 11.3 Å². The van der Waals surface area contributed by atoms with Crippen LogP contribution in [-0.2, 0) is 16.1 Å². The van der Waals surface area contributed by atoms with Gasteiger partial charge in [0.25, 0.3) is 0 Å². The van der Waals surface area contributed by atoms with Gasteiger partial charge in [-0.1, -0.05) is 53.6 Å². The molecule has 7 heteroatoms. The van der Waals surface area contributed by atoms with Crippen molar-refractivity contribution < 1.29 is 13.9 Å². The molecular formula is C26H20ClFN2O2S. The summed E-state index contributed by atoms with van der Waals surface area (Å²) in [6, 6.07) is 20.8. The van der Waals surface area contributed by atoms with Gasteiger partial charge in [0.15, 0.2) is 5.13 Å². The van der Waals surface area contributed by atoms with E-state index in [9.17, 15) is 9.18 Å². The number of rotatable bonds is 7. The molecule has 4 rings (SSSR count). The Kier molecular flexibility index (Phi) is 7.17. The van der Waals surface area contributed by atoms with Gasteiger partial charge in [-0.2, -0.15) is 0 Å². The molecule has 3 aromatic carbocycles. The predicted octanol–water partition coefficient (Wildman–Crippen LogP) is 7.27. The summed E-state index contributed by atoms with van der Waals surface area (Å²) in [6.45, 7) is 2.05. The van der Waals surface area contributed by atoms with E-state index in [1.807, 2.05) is 36.6 Å². The number of hydrogen-bond donors (Lipinski definition) is 1. The lowest BCUT2D eigenvalue weighted by molar-refractivity contribution is -0.137. The molecule has 1 N–H and O–H groups in total. The van der Waals surface area contributed by atoms with Crippen molar-refractivity contribution in [3.63, 3.8) is 0 Å². The summed E-state index contributed by atoms with van der Waals surface area (Å²) in [6.07, 6.45) is 1.69. The third-order valence-corrected chi connectivity index (χ3v) is 5.82. The molecule has 0 amide bonds. The highest BCUT2D eigenvalue weighted by Crippen LogP contribution is 2.24. The van der Waals surface area contributed by atoms with E-state index in [4.69, 9.17) is 16.3 Å². The maximum absolute atomic E-state index is 13.4. The first-order chi connectivity index (χ1) is 16.0. The van der Waals surface area contributed by atoms with Crippen LogP contribution in [0.3, 0.4) is 0 Å². The van der Waals surface area contributed by atoms with E-state index < -0.39 is 5.97 Å². The molecule has 0 fully saturated rings. The summed E-state index contributed by atoms with van der Waals surface area (Å²) in [4.78, 5) is 17.4. The number of anilines is 2. The van der Waals surface area contributed by atoms with Crippen molar-refractivity contribution in [1.29, 1.82) is 0 Å². The summed E-state index contributed by atoms with van der Waals surface area (Å²) in [5, 5.41) is 6.38. The minimum atomic E-state index is -0.530. The number of nitrogens with one attached hydrogen (secondary N) is 1. The maximum Gasteiger partial charge on any atom is 0.339 e. The highest BCUT2D eigenvalue weighted by molar-refractivity contribution is 7.13. The lowest BCUT2D eigenvalue weighted by atomic mass is 10.0. The van der Waals surface area contributed by atoms with E-state index >= 15 is 0 Å². The third kappa shape index (κ3) is 6.28. The fourth-order valence-electron chi connectivity index (χ4n) is 3.02. The molecule has 0 aliphatic heterocycles.